The third-order valence-electron chi connectivity index (χ3n) is 7.67. The van der Waals surface area contributed by atoms with E-state index in [0.29, 0.717) is 22.9 Å². The van der Waals surface area contributed by atoms with Crippen LogP contribution in [0.4, 0.5) is 21.7 Å². The van der Waals surface area contributed by atoms with Gasteiger partial charge in [-0.05, 0) is 91.5 Å². The number of hydrogen-bond donors (Lipinski definition) is 2. The third-order valence-corrected chi connectivity index (χ3v) is 8.54. The molecule has 1 saturated heterocycles. The van der Waals surface area contributed by atoms with Crippen molar-refractivity contribution in [2.24, 2.45) is 0 Å². The Bertz CT molecular complexity index is 1930. The Balaban J connectivity index is 1.20. The fraction of sp³-hybridized carbons (Fsp3) is 0.176. The van der Waals surface area contributed by atoms with E-state index < -0.39 is 5.82 Å². The van der Waals surface area contributed by atoms with E-state index in [9.17, 15) is 9.18 Å². The average Bonchev–Trinajstić information content (AvgIpc) is 3.81. The molecule has 0 spiro atoms. The topological polar surface area (TPSA) is 87.5 Å². The molecular weight excluding hydrogens is 573 g/mol. The largest absolute Gasteiger partial charge is 0.324 e. The summed E-state index contributed by atoms with van der Waals surface area (Å²) >= 11 is 1.49. The van der Waals surface area contributed by atoms with E-state index in [-0.39, 0.29) is 18.0 Å². The van der Waals surface area contributed by atoms with Crippen LogP contribution < -0.4 is 10.6 Å². The number of anilines is 3. The highest BCUT2D eigenvalue weighted by atomic mass is 32.1. The van der Waals surface area contributed by atoms with E-state index in [4.69, 9.17) is 10.1 Å². The van der Waals surface area contributed by atoms with Crippen LogP contribution in [0.1, 0.15) is 23.3 Å². The molecule has 8 nitrogen and oxygen atoms in total. The first-order valence-corrected chi connectivity index (χ1v) is 15.5. The number of amides is 1. The fourth-order valence-corrected chi connectivity index (χ4v) is 6.32. The molecule has 5 heterocycles. The lowest BCUT2D eigenvalue weighted by molar-refractivity contribution is -0.115. The molecular formula is C34H30FN7OS. The molecule has 6 aromatic rings. The Morgan fingerprint density at radius 1 is 0.977 bits per heavy atom. The lowest BCUT2D eigenvalue weighted by Gasteiger charge is -2.15. The highest BCUT2D eigenvalue weighted by Gasteiger charge is 2.20. The lowest BCUT2D eigenvalue weighted by Crippen LogP contribution is -2.18. The van der Waals surface area contributed by atoms with Crippen molar-refractivity contribution in [1.29, 1.82) is 0 Å². The number of thiophene rings is 1. The summed E-state index contributed by atoms with van der Waals surface area (Å²) in [6.45, 7) is 3.21. The van der Waals surface area contributed by atoms with Crippen molar-refractivity contribution in [2.45, 2.75) is 25.8 Å². The first kappa shape index (κ1) is 27.9. The zero-order valence-corrected chi connectivity index (χ0v) is 24.7. The van der Waals surface area contributed by atoms with Gasteiger partial charge in [0, 0.05) is 35.1 Å². The summed E-state index contributed by atoms with van der Waals surface area (Å²) in [5.74, 6) is -0.337. The number of pyridine rings is 1. The highest BCUT2D eigenvalue weighted by Crippen LogP contribution is 2.36. The predicted molar refractivity (Wildman–Crippen MR) is 173 cm³/mol. The van der Waals surface area contributed by atoms with Crippen molar-refractivity contribution in [2.75, 3.05) is 23.7 Å². The van der Waals surface area contributed by atoms with Crippen molar-refractivity contribution in [3.8, 4) is 22.5 Å². The fourth-order valence-electron chi connectivity index (χ4n) is 5.62. The summed E-state index contributed by atoms with van der Waals surface area (Å²) in [6.07, 6.45) is 6.28. The first-order chi connectivity index (χ1) is 21.6. The second kappa shape index (κ2) is 12.4. The van der Waals surface area contributed by atoms with Crippen molar-refractivity contribution < 1.29 is 9.18 Å². The normalized spacial score (nSPS) is 13.4. The number of likely N-dealkylation sites (tertiary alicyclic amines) is 1. The van der Waals surface area contributed by atoms with Gasteiger partial charge in [-0.1, -0.05) is 24.3 Å². The molecule has 0 atom stereocenters. The molecule has 0 bridgehead atoms. The maximum Gasteiger partial charge on any atom is 0.229 e. The van der Waals surface area contributed by atoms with Gasteiger partial charge in [0.25, 0.3) is 0 Å². The van der Waals surface area contributed by atoms with Crippen molar-refractivity contribution >= 4 is 40.1 Å². The lowest BCUT2D eigenvalue weighted by atomic mass is 10.0. The molecule has 0 radical (unpaired) electrons. The number of fused-ring (bicyclic) bond motifs is 1. The maximum absolute atomic E-state index is 14.9. The van der Waals surface area contributed by atoms with Gasteiger partial charge in [-0.15, -0.1) is 11.3 Å². The summed E-state index contributed by atoms with van der Waals surface area (Å²) in [5, 5.41) is 12.9. The van der Waals surface area contributed by atoms with Gasteiger partial charge in [-0.3, -0.25) is 9.69 Å². The molecule has 1 fully saturated rings. The van der Waals surface area contributed by atoms with Crippen LogP contribution in [0, 0.1) is 5.82 Å². The van der Waals surface area contributed by atoms with Gasteiger partial charge in [0.15, 0.2) is 0 Å². The zero-order valence-electron chi connectivity index (χ0n) is 23.9. The number of carbonyl (C=O) groups excluding carboxylic acids is 1. The van der Waals surface area contributed by atoms with Crippen LogP contribution in [0.3, 0.4) is 0 Å². The smallest absolute Gasteiger partial charge is 0.229 e. The number of nitrogens with one attached hydrogen (secondary N) is 2. The van der Waals surface area contributed by atoms with E-state index in [0.717, 1.165) is 41.3 Å². The summed E-state index contributed by atoms with van der Waals surface area (Å²) < 4.78 is 16.7. The van der Waals surface area contributed by atoms with Crippen LogP contribution in [-0.2, 0) is 17.8 Å². The van der Waals surface area contributed by atoms with E-state index in [2.05, 4.69) is 32.7 Å². The van der Waals surface area contributed by atoms with Crippen LogP contribution >= 0.6 is 11.3 Å². The van der Waals surface area contributed by atoms with Gasteiger partial charge in [0.2, 0.25) is 11.9 Å². The molecule has 7 rings (SSSR count). The molecule has 1 amide bonds. The van der Waals surface area contributed by atoms with E-state index in [1.54, 1.807) is 22.8 Å². The second-order valence-electron chi connectivity index (χ2n) is 10.8. The summed E-state index contributed by atoms with van der Waals surface area (Å²) in [4.78, 5) is 25.4. The Labute approximate surface area is 258 Å². The standard InChI is InChI=1S/C34H30FN7OS/c35-27-12-11-24(20-29(27)38-31(43)21-26-9-6-18-44-26)33-32(30-10-1-2-17-42(30)40-33)28-13-14-36-34(39-28)37-25-8-5-7-23(19-25)22-41-15-3-4-16-41/h1-2,5-14,17-20H,3-4,15-16,21-22H2,(H,38,43)(H,36,37,39). The number of aromatic nitrogens is 4. The predicted octanol–water partition coefficient (Wildman–Crippen LogP) is 7.18. The molecule has 4 aromatic heterocycles. The zero-order chi connectivity index (χ0) is 29.9. The quantitative estimate of drug-likeness (QED) is 0.182. The first-order valence-electron chi connectivity index (χ1n) is 14.6. The minimum atomic E-state index is -0.515. The summed E-state index contributed by atoms with van der Waals surface area (Å²) in [7, 11) is 0. The molecule has 0 saturated carbocycles. The van der Waals surface area contributed by atoms with Crippen LogP contribution in [-0.4, -0.2) is 43.5 Å². The minimum Gasteiger partial charge on any atom is -0.324 e. The highest BCUT2D eigenvalue weighted by molar-refractivity contribution is 7.10. The monoisotopic (exact) mass is 603 g/mol. The molecule has 2 N–H and O–H groups in total. The van der Waals surface area contributed by atoms with Gasteiger partial charge in [0.1, 0.15) is 11.5 Å². The number of hydrogen-bond acceptors (Lipinski definition) is 7. The Kier molecular flexibility index (Phi) is 7.83. The Morgan fingerprint density at radius 3 is 2.75 bits per heavy atom. The van der Waals surface area contributed by atoms with Gasteiger partial charge in [0.05, 0.1) is 28.9 Å². The Hall–Kier alpha value is -4.93. The molecule has 220 valence electrons. The van der Waals surface area contributed by atoms with Crippen molar-refractivity contribution in [3.05, 3.63) is 113 Å². The molecule has 1 aliphatic rings. The second-order valence-corrected chi connectivity index (χ2v) is 11.9. The van der Waals surface area contributed by atoms with Crippen LogP contribution in [0.25, 0.3) is 28.0 Å². The Morgan fingerprint density at radius 2 is 1.89 bits per heavy atom. The number of benzene rings is 2. The van der Waals surface area contributed by atoms with E-state index in [1.807, 2.05) is 60.1 Å². The average molecular weight is 604 g/mol. The minimum absolute atomic E-state index is 0.103. The molecule has 2 aromatic carbocycles. The van der Waals surface area contributed by atoms with Gasteiger partial charge in [-0.2, -0.15) is 5.10 Å². The van der Waals surface area contributed by atoms with Gasteiger partial charge >= 0.3 is 0 Å². The number of carbonyl (C=O) groups is 1. The third kappa shape index (κ3) is 6.08. The van der Waals surface area contributed by atoms with E-state index in [1.165, 1.54) is 35.8 Å². The van der Waals surface area contributed by atoms with Crippen molar-refractivity contribution in [1.82, 2.24) is 24.5 Å². The van der Waals surface area contributed by atoms with Gasteiger partial charge < -0.3 is 10.6 Å². The van der Waals surface area contributed by atoms with Crippen LogP contribution in [0.2, 0.25) is 0 Å². The van der Waals surface area contributed by atoms with Crippen LogP contribution in [0.5, 0.6) is 0 Å². The SMILES string of the molecule is O=C(Cc1cccs1)Nc1cc(-c2nn3ccccc3c2-c2ccnc(Nc3cccc(CN4CCCC4)c3)n2)ccc1F. The van der Waals surface area contributed by atoms with Crippen molar-refractivity contribution in [3.63, 3.8) is 0 Å². The van der Waals surface area contributed by atoms with Crippen LogP contribution in [0.15, 0.2) is 96.6 Å². The molecule has 44 heavy (non-hydrogen) atoms. The summed E-state index contributed by atoms with van der Waals surface area (Å²) in [5.41, 5.74) is 5.81. The van der Waals surface area contributed by atoms with Gasteiger partial charge in [-0.25, -0.2) is 18.9 Å². The molecule has 0 aliphatic carbocycles. The summed E-state index contributed by atoms with van der Waals surface area (Å²) in [6, 6.07) is 24.4. The number of nitrogens with zero attached hydrogens (tertiary/aromatic N) is 5. The molecule has 10 heteroatoms. The molecule has 0 unspecified atom stereocenters. The number of halogens is 1. The maximum atomic E-state index is 14.9. The molecule has 1 aliphatic heterocycles. The number of rotatable bonds is 9. The van der Waals surface area contributed by atoms with E-state index >= 15 is 0 Å².